The Morgan fingerprint density at radius 2 is 1.68 bits per heavy atom. The number of aliphatic carboxylic acids is 1. The number of benzene rings is 2. The van der Waals surface area contributed by atoms with Crippen molar-refractivity contribution in [3.05, 3.63) is 93.8 Å². The van der Waals surface area contributed by atoms with Crippen molar-refractivity contribution in [2.24, 2.45) is 11.8 Å². The maximum atomic E-state index is 12.8. The molecular formula is C50H65N3O7. The molecule has 4 fully saturated rings. The van der Waals surface area contributed by atoms with E-state index in [4.69, 9.17) is 9.47 Å². The van der Waals surface area contributed by atoms with E-state index in [0.29, 0.717) is 5.70 Å². The van der Waals surface area contributed by atoms with Gasteiger partial charge in [0.1, 0.15) is 17.6 Å². The fourth-order valence-electron chi connectivity index (χ4n) is 9.03. The summed E-state index contributed by atoms with van der Waals surface area (Å²) < 4.78 is 11.2. The first-order valence-corrected chi connectivity index (χ1v) is 22.3. The summed E-state index contributed by atoms with van der Waals surface area (Å²) in [6.07, 6.45) is 24.6. The average molecular weight is 820 g/mol. The molecule has 322 valence electrons. The van der Waals surface area contributed by atoms with Crippen LogP contribution in [0.5, 0.6) is 5.75 Å². The Morgan fingerprint density at radius 1 is 0.967 bits per heavy atom. The number of fused-ring (bicyclic) bond motifs is 2. The molecule has 0 amide bonds. The molecule has 0 aromatic heterocycles. The van der Waals surface area contributed by atoms with Crippen LogP contribution in [0.15, 0.2) is 60.5 Å². The lowest BCUT2D eigenvalue weighted by molar-refractivity contribution is -0.139. The summed E-state index contributed by atoms with van der Waals surface area (Å²) in [7, 11) is 2.16. The molecule has 4 saturated carbocycles. The normalized spacial score (nSPS) is 21.6. The number of rotatable bonds is 12. The van der Waals surface area contributed by atoms with Gasteiger partial charge in [-0.3, -0.25) is 9.59 Å². The molecule has 0 radical (unpaired) electrons. The molecule has 60 heavy (non-hydrogen) atoms. The number of esters is 1. The predicted octanol–water partition coefficient (Wildman–Crippen LogP) is 9.06. The highest BCUT2D eigenvalue weighted by Gasteiger charge is 2.47. The molecule has 0 saturated heterocycles. The largest absolute Gasteiger partial charge is 0.493 e. The third kappa shape index (κ3) is 10.4. The van der Waals surface area contributed by atoms with Gasteiger partial charge in [0.2, 0.25) is 0 Å². The summed E-state index contributed by atoms with van der Waals surface area (Å²) in [5.41, 5.74) is 8.15. The minimum Gasteiger partial charge on any atom is -0.493 e. The average Bonchev–Trinajstić information content (AvgIpc) is 4.14. The van der Waals surface area contributed by atoms with Gasteiger partial charge in [-0.1, -0.05) is 26.7 Å². The van der Waals surface area contributed by atoms with E-state index >= 15 is 0 Å². The quantitative estimate of drug-likeness (QED) is 0.0928. The molecule has 0 atom stereocenters. The maximum Gasteiger partial charge on any atom is 0.342 e. The molecule has 2 aliphatic heterocycles. The van der Waals surface area contributed by atoms with E-state index in [-0.39, 0.29) is 29.0 Å². The minimum atomic E-state index is -0.982. The number of carbonyl (C=O) groups excluding carboxylic acids is 3. The molecule has 2 heterocycles. The molecule has 6 aliphatic rings. The zero-order valence-corrected chi connectivity index (χ0v) is 36.6. The topological polar surface area (TPSA) is 125 Å². The number of anilines is 1. The van der Waals surface area contributed by atoms with Crippen LogP contribution in [0.1, 0.15) is 125 Å². The van der Waals surface area contributed by atoms with Gasteiger partial charge in [0.15, 0.2) is 5.78 Å². The molecule has 8 rings (SSSR count). The zero-order valence-electron chi connectivity index (χ0n) is 36.6. The molecule has 0 bridgehead atoms. The van der Waals surface area contributed by atoms with Crippen molar-refractivity contribution < 1.29 is 33.8 Å². The van der Waals surface area contributed by atoms with Gasteiger partial charge in [0, 0.05) is 60.5 Å². The number of allylic oxidation sites excluding steroid dienone is 2. The number of carboxylic acids is 1. The van der Waals surface area contributed by atoms with Gasteiger partial charge in [0.25, 0.3) is 0 Å². The predicted molar refractivity (Wildman–Crippen MR) is 238 cm³/mol. The minimum absolute atomic E-state index is 0.0115. The van der Waals surface area contributed by atoms with Gasteiger partial charge in [-0.15, -0.1) is 0 Å². The van der Waals surface area contributed by atoms with Crippen LogP contribution in [0, 0.1) is 25.7 Å². The van der Waals surface area contributed by atoms with Crippen LogP contribution in [0.4, 0.5) is 5.69 Å². The number of ether oxygens (including phenoxy) is 2. The SMILES string of the molecule is CC.CCOC(=O)/C1=C/c2cc(C)c(N(C)CC3CC3)cc2CC2(CCC2)N/C=C\C1=O.Cc1cc2c(cc1OCCC1CC1)CC1(CCC1)N(/C=C/C=O)/C2=C\C(=O)O. The van der Waals surface area contributed by atoms with Gasteiger partial charge < -0.3 is 29.7 Å². The Morgan fingerprint density at radius 3 is 2.28 bits per heavy atom. The van der Waals surface area contributed by atoms with Gasteiger partial charge in [-0.25, -0.2) is 9.59 Å². The molecule has 2 spiro atoms. The van der Waals surface area contributed by atoms with Crippen LogP contribution < -0.4 is 15.0 Å². The van der Waals surface area contributed by atoms with Crippen molar-refractivity contribution in [3.63, 3.8) is 0 Å². The number of nitrogens with zero attached hydrogens (tertiary/aromatic N) is 2. The van der Waals surface area contributed by atoms with Crippen molar-refractivity contribution in [3.8, 4) is 5.75 Å². The fraction of sp³-hybridized carbons (Fsp3) is 0.520. The highest BCUT2D eigenvalue weighted by atomic mass is 16.5. The second-order valence-electron chi connectivity index (χ2n) is 17.4. The van der Waals surface area contributed by atoms with Gasteiger partial charge >= 0.3 is 11.9 Å². The summed E-state index contributed by atoms with van der Waals surface area (Å²) >= 11 is 0. The number of aldehydes is 1. The molecular weight excluding hydrogens is 755 g/mol. The lowest BCUT2D eigenvalue weighted by atomic mass is 9.68. The number of hydrogen-bond acceptors (Lipinski definition) is 9. The summed E-state index contributed by atoms with van der Waals surface area (Å²) in [6, 6.07) is 8.53. The standard InChI is InChI=1S/C25H32N2O3.C23H27NO4.C2H6/c1-4-30-24(29)21-13-19-12-17(2)22(27(3)16-18-6-7-18)14-20(19)15-25(9-5-10-25)26-11-8-23(21)28;1-16-12-19-18(13-21(16)28-11-6-17-4-5-17)15-23(7-2-8-23)24(9-3-10-25)20(19)14-22(26)27;1-2/h8,11-14,18,26H,4-7,9-10,15-16H2,1-3H3;3,9-10,12-14,17H,2,4-8,11,15H2,1H3,(H,26,27);1-2H3/b11-8-,21-13+;9-3+,20-14-;. The Bertz CT molecular complexity index is 2050. The van der Waals surface area contributed by atoms with Crippen molar-refractivity contribution >= 4 is 41.5 Å². The van der Waals surface area contributed by atoms with Crippen molar-refractivity contribution in [2.45, 2.75) is 129 Å². The number of carboxylic acid groups (broad SMARTS) is 1. The third-order valence-electron chi connectivity index (χ3n) is 12.9. The Labute approximate surface area is 356 Å². The first kappa shape index (κ1) is 44.4. The maximum absolute atomic E-state index is 12.8. The van der Waals surface area contributed by atoms with Gasteiger partial charge in [-0.05, 0) is 167 Å². The van der Waals surface area contributed by atoms with Crippen LogP contribution in [-0.2, 0) is 36.8 Å². The van der Waals surface area contributed by atoms with E-state index < -0.39 is 11.9 Å². The fourth-order valence-corrected chi connectivity index (χ4v) is 9.03. The summed E-state index contributed by atoms with van der Waals surface area (Å²) in [6.45, 7) is 11.9. The Hall–Kier alpha value is -5.12. The first-order chi connectivity index (χ1) is 28.9. The van der Waals surface area contributed by atoms with Gasteiger partial charge in [-0.2, -0.15) is 0 Å². The Kier molecular flexibility index (Phi) is 14.4. The molecule has 10 nitrogen and oxygen atoms in total. The lowest BCUT2D eigenvalue weighted by Gasteiger charge is -2.54. The summed E-state index contributed by atoms with van der Waals surface area (Å²) in [5, 5.41) is 12.9. The van der Waals surface area contributed by atoms with Crippen LogP contribution in [0.25, 0.3) is 11.8 Å². The molecule has 0 unspecified atom stereocenters. The number of nitrogens with one attached hydrogen (secondary N) is 1. The first-order valence-electron chi connectivity index (χ1n) is 22.3. The van der Waals surface area contributed by atoms with E-state index in [2.05, 4.69) is 42.4 Å². The summed E-state index contributed by atoms with van der Waals surface area (Å²) in [4.78, 5) is 52.1. The van der Waals surface area contributed by atoms with E-state index in [1.807, 2.05) is 31.7 Å². The van der Waals surface area contributed by atoms with Gasteiger partial charge in [0.05, 0.1) is 18.9 Å². The molecule has 2 aromatic rings. The number of ketones is 1. The van der Waals surface area contributed by atoms with Crippen molar-refractivity contribution in [1.82, 2.24) is 10.2 Å². The summed E-state index contributed by atoms with van der Waals surface area (Å²) in [5.74, 6) is 0.672. The molecule has 4 aliphatic carbocycles. The van der Waals surface area contributed by atoms with Crippen molar-refractivity contribution in [1.29, 1.82) is 0 Å². The Balaban J connectivity index is 0.000000194. The third-order valence-corrected chi connectivity index (χ3v) is 12.9. The number of aryl methyl sites for hydroxylation is 2. The zero-order chi connectivity index (χ0) is 43.0. The van der Waals surface area contributed by atoms with E-state index in [9.17, 15) is 24.3 Å². The second-order valence-corrected chi connectivity index (χ2v) is 17.4. The monoisotopic (exact) mass is 819 g/mol. The smallest absolute Gasteiger partial charge is 0.342 e. The van der Waals surface area contributed by atoms with E-state index in [1.54, 1.807) is 25.4 Å². The molecule has 2 N–H and O–H groups in total. The lowest BCUT2D eigenvalue weighted by Crippen LogP contribution is -2.54. The van der Waals surface area contributed by atoms with E-state index in [1.165, 1.54) is 61.6 Å². The van der Waals surface area contributed by atoms with Crippen LogP contribution in [0.3, 0.4) is 0 Å². The van der Waals surface area contributed by atoms with Crippen LogP contribution in [-0.4, -0.2) is 71.9 Å². The highest BCUT2D eigenvalue weighted by Crippen LogP contribution is 2.50. The number of hydrogen-bond donors (Lipinski definition) is 2. The number of carbonyl (C=O) groups is 4. The highest BCUT2D eigenvalue weighted by molar-refractivity contribution is 6.24. The van der Waals surface area contributed by atoms with Crippen LogP contribution >= 0.6 is 0 Å². The second kappa shape index (κ2) is 19.5. The van der Waals surface area contributed by atoms with E-state index in [0.717, 1.165) is 116 Å². The van der Waals surface area contributed by atoms with Crippen molar-refractivity contribution in [2.75, 3.05) is 31.7 Å². The van der Waals surface area contributed by atoms with Crippen LogP contribution in [0.2, 0.25) is 0 Å². The molecule has 10 heteroatoms. The molecule has 2 aromatic carbocycles.